The number of piperidine rings is 1. The lowest BCUT2D eigenvalue weighted by atomic mass is 10.0. The molecule has 0 amide bonds. The Labute approximate surface area is 99.5 Å². The first-order chi connectivity index (χ1) is 8.12. The largest absolute Gasteiger partial charge is 0.284 e. The van der Waals surface area contributed by atoms with Gasteiger partial charge in [-0.25, -0.2) is 8.78 Å². The molecule has 1 aromatic rings. The molecule has 0 spiro atoms. The Morgan fingerprint density at radius 1 is 1.18 bits per heavy atom. The lowest BCUT2D eigenvalue weighted by molar-refractivity contribution is -0.0594. The average molecular weight is 236 g/mol. The first-order valence-corrected chi connectivity index (χ1v) is 5.69. The number of likely N-dealkylation sites (tertiary alicyclic amines) is 1. The number of halogens is 2. The normalized spacial score (nSPS) is 21.7. The third-order valence-electron chi connectivity index (χ3n) is 3.13. The van der Waals surface area contributed by atoms with Crippen molar-refractivity contribution in [1.29, 1.82) is 5.26 Å². The van der Waals surface area contributed by atoms with Crippen molar-refractivity contribution in [3.63, 3.8) is 0 Å². The van der Waals surface area contributed by atoms with Gasteiger partial charge in [0.15, 0.2) is 0 Å². The highest BCUT2D eigenvalue weighted by Crippen LogP contribution is 2.31. The van der Waals surface area contributed by atoms with Crippen LogP contribution < -0.4 is 0 Å². The van der Waals surface area contributed by atoms with Crippen LogP contribution in [0.15, 0.2) is 30.3 Å². The van der Waals surface area contributed by atoms with Gasteiger partial charge in [-0.15, -0.1) is 0 Å². The van der Waals surface area contributed by atoms with E-state index in [2.05, 4.69) is 6.07 Å². The third-order valence-corrected chi connectivity index (χ3v) is 3.13. The molecule has 0 saturated carbocycles. The van der Waals surface area contributed by atoms with Gasteiger partial charge in [-0.2, -0.15) is 5.26 Å². The van der Waals surface area contributed by atoms with Crippen LogP contribution in [0.5, 0.6) is 0 Å². The fourth-order valence-electron chi connectivity index (χ4n) is 2.11. The standard InChI is InChI=1S/C13H14F2N2/c14-13(15)6-8-17(9-7-13)12(10-16)11-4-2-1-3-5-11/h1-5,12H,6-9H2/t12-/m0/s1. The number of nitrogens with zero attached hydrogens (tertiary/aromatic N) is 2. The maximum absolute atomic E-state index is 13.0. The van der Waals surface area contributed by atoms with Crippen molar-refractivity contribution in [3.05, 3.63) is 35.9 Å². The van der Waals surface area contributed by atoms with Crippen LogP contribution in [-0.4, -0.2) is 23.9 Å². The molecular formula is C13H14F2N2. The van der Waals surface area contributed by atoms with E-state index in [0.29, 0.717) is 0 Å². The molecule has 90 valence electrons. The number of hydrogen-bond acceptors (Lipinski definition) is 2. The van der Waals surface area contributed by atoms with E-state index in [4.69, 9.17) is 0 Å². The van der Waals surface area contributed by atoms with Crippen molar-refractivity contribution in [3.8, 4) is 6.07 Å². The summed E-state index contributed by atoms with van der Waals surface area (Å²) in [7, 11) is 0. The van der Waals surface area contributed by atoms with E-state index >= 15 is 0 Å². The van der Waals surface area contributed by atoms with Gasteiger partial charge < -0.3 is 0 Å². The summed E-state index contributed by atoms with van der Waals surface area (Å²) < 4.78 is 26.1. The van der Waals surface area contributed by atoms with E-state index in [1.807, 2.05) is 35.2 Å². The van der Waals surface area contributed by atoms with E-state index < -0.39 is 12.0 Å². The molecule has 1 aliphatic rings. The molecule has 17 heavy (non-hydrogen) atoms. The summed E-state index contributed by atoms with van der Waals surface area (Å²) in [6.07, 6.45) is -0.309. The van der Waals surface area contributed by atoms with E-state index in [1.54, 1.807) is 0 Å². The Morgan fingerprint density at radius 3 is 2.29 bits per heavy atom. The molecule has 1 aliphatic heterocycles. The summed E-state index contributed by atoms with van der Waals surface area (Å²) in [6.45, 7) is 0.556. The van der Waals surface area contributed by atoms with E-state index in [-0.39, 0.29) is 25.9 Å². The van der Waals surface area contributed by atoms with Crippen LogP contribution in [-0.2, 0) is 0 Å². The Bertz CT molecular complexity index is 401. The molecule has 0 bridgehead atoms. The summed E-state index contributed by atoms with van der Waals surface area (Å²) >= 11 is 0. The van der Waals surface area contributed by atoms with Crippen molar-refractivity contribution in [2.75, 3.05) is 13.1 Å². The molecule has 1 saturated heterocycles. The summed E-state index contributed by atoms with van der Waals surface area (Å²) in [4.78, 5) is 1.83. The zero-order valence-corrected chi connectivity index (χ0v) is 9.44. The van der Waals surface area contributed by atoms with Gasteiger partial charge >= 0.3 is 0 Å². The number of nitriles is 1. The predicted molar refractivity (Wildman–Crippen MR) is 60.6 cm³/mol. The Balaban J connectivity index is 2.09. The fraction of sp³-hybridized carbons (Fsp3) is 0.462. The van der Waals surface area contributed by atoms with Gasteiger partial charge in [-0.05, 0) is 5.56 Å². The zero-order chi connectivity index (χ0) is 12.3. The van der Waals surface area contributed by atoms with Gasteiger partial charge in [0.2, 0.25) is 0 Å². The average Bonchev–Trinajstić information content (AvgIpc) is 2.33. The van der Waals surface area contributed by atoms with Crippen LogP contribution in [0.1, 0.15) is 24.4 Å². The van der Waals surface area contributed by atoms with Gasteiger partial charge in [0.05, 0.1) is 6.07 Å². The zero-order valence-electron chi connectivity index (χ0n) is 9.44. The summed E-state index contributed by atoms with van der Waals surface area (Å²) in [5, 5.41) is 9.18. The number of benzene rings is 1. The highest BCUT2D eigenvalue weighted by Gasteiger charge is 2.36. The summed E-state index contributed by atoms with van der Waals surface area (Å²) in [5.74, 6) is -2.56. The maximum Gasteiger partial charge on any atom is 0.250 e. The number of alkyl halides is 2. The smallest absolute Gasteiger partial charge is 0.250 e. The summed E-state index contributed by atoms with van der Waals surface area (Å²) in [5.41, 5.74) is 0.875. The van der Waals surface area contributed by atoms with Crippen molar-refractivity contribution in [2.24, 2.45) is 0 Å². The Morgan fingerprint density at radius 2 is 1.76 bits per heavy atom. The van der Waals surface area contributed by atoms with Crippen LogP contribution in [0.2, 0.25) is 0 Å². The molecule has 2 rings (SSSR count). The van der Waals surface area contributed by atoms with Gasteiger partial charge in [0.1, 0.15) is 6.04 Å². The van der Waals surface area contributed by atoms with Crippen LogP contribution >= 0.6 is 0 Å². The molecule has 1 fully saturated rings. The van der Waals surface area contributed by atoms with Gasteiger partial charge in [0, 0.05) is 25.9 Å². The Kier molecular flexibility index (Phi) is 3.39. The van der Waals surface area contributed by atoms with Gasteiger partial charge in [-0.1, -0.05) is 30.3 Å². The molecule has 1 heterocycles. The van der Waals surface area contributed by atoms with Gasteiger partial charge in [0.25, 0.3) is 5.92 Å². The minimum Gasteiger partial charge on any atom is -0.284 e. The van der Waals surface area contributed by atoms with Crippen LogP contribution in [0.3, 0.4) is 0 Å². The molecule has 4 heteroatoms. The third kappa shape index (κ3) is 2.80. The molecule has 0 aromatic heterocycles. The van der Waals surface area contributed by atoms with Crippen molar-refractivity contribution in [1.82, 2.24) is 4.90 Å². The number of hydrogen-bond donors (Lipinski definition) is 0. The maximum atomic E-state index is 13.0. The topological polar surface area (TPSA) is 27.0 Å². The predicted octanol–water partition coefficient (Wildman–Crippen LogP) is 2.98. The molecule has 0 radical (unpaired) electrons. The highest BCUT2D eigenvalue weighted by molar-refractivity contribution is 5.24. The van der Waals surface area contributed by atoms with Crippen molar-refractivity contribution in [2.45, 2.75) is 24.8 Å². The molecule has 0 N–H and O–H groups in total. The highest BCUT2D eigenvalue weighted by atomic mass is 19.3. The lowest BCUT2D eigenvalue weighted by Crippen LogP contribution is -2.41. The summed E-state index contributed by atoms with van der Waals surface area (Å²) in [6, 6.07) is 11.1. The van der Waals surface area contributed by atoms with E-state index in [0.717, 1.165) is 5.56 Å². The van der Waals surface area contributed by atoms with E-state index in [9.17, 15) is 14.0 Å². The monoisotopic (exact) mass is 236 g/mol. The second-order valence-corrected chi connectivity index (χ2v) is 4.33. The fourth-order valence-corrected chi connectivity index (χ4v) is 2.11. The van der Waals surface area contributed by atoms with Crippen LogP contribution in [0.25, 0.3) is 0 Å². The second-order valence-electron chi connectivity index (χ2n) is 4.33. The lowest BCUT2D eigenvalue weighted by Gasteiger charge is -2.34. The SMILES string of the molecule is N#C[C@@H](c1ccccc1)N1CCC(F)(F)CC1. The van der Waals surface area contributed by atoms with Crippen LogP contribution in [0.4, 0.5) is 8.78 Å². The molecule has 1 atom stereocenters. The molecule has 2 nitrogen and oxygen atoms in total. The van der Waals surface area contributed by atoms with Crippen molar-refractivity contribution < 1.29 is 8.78 Å². The molecule has 1 aromatic carbocycles. The van der Waals surface area contributed by atoms with Crippen LogP contribution in [0, 0.1) is 11.3 Å². The second kappa shape index (κ2) is 4.80. The first kappa shape index (κ1) is 12.0. The van der Waals surface area contributed by atoms with E-state index in [1.165, 1.54) is 0 Å². The van der Waals surface area contributed by atoms with Gasteiger partial charge in [-0.3, -0.25) is 4.90 Å². The number of rotatable bonds is 2. The molecule has 0 aliphatic carbocycles. The molecular weight excluding hydrogens is 222 g/mol. The Hall–Kier alpha value is -1.47. The quantitative estimate of drug-likeness (QED) is 0.789. The minimum absolute atomic E-state index is 0.155. The first-order valence-electron chi connectivity index (χ1n) is 5.69. The van der Waals surface area contributed by atoms with Crippen molar-refractivity contribution >= 4 is 0 Å². The molecule has 0 unspecified atom stereocenters. The minimum atomic E-state index is -2.56.